The van der Waals surface area contributed by atoms with Gasteiger partial charge in [-0.1, -0.05) is 18.2 Å². The molecule has 2 atom stereocenters. The average molecular weight is 385 g/mol. The normalized spacial score (nSPS) is 22.9. The number of hydrogen-bond acceptors (Lipinski definition) is 5. The van der Waals surface area contributed by atoms with E-state index in [1.54, 1.807) is 47.1 Å². The molecular formula is C19H19N3O4S. The van der Waals surface area contributed by atoms with Crippen LogP contribution in [0.2, 0.25) is 0 Å². The predicted molar refractivity (Wildman–Crippen MR) is 98.4 cm³/mol. The Morgan fingerprint density at radius 3 is 2.70 bits per heavy atom. The minimum absolute atomic E-state index is 0.113. The zero-order chi connectivity index (χ0) is 19.2. The Morgan fingerprint density at radius 1 is 1.37 bits per heavy atom. The van der Waals surface area contributed by atoms with Crippen molar-refractivity contribution in [2.45, 2.75) is 24.8 Å². The highest BCUT2D eigenvalue weighted by Crippen LogP contribution is 2.50. The summed E-state index contributed by atoms with van der Waals surface area (Å²) in [6, 6.07) is 6.06. The molecule has 2 aliphatic rings. The molecule has 0 radical (unpaired) electrons. The van der Waals surface area contributed by atoms with Crippen LogP contribution in [0.5, 0.6) is 0 Å². The fraction of sp³-hybridized carbons (Fsp3) is 0.368. The molecule has 140 valence electrons. The van der Waals surface area contributed by atoms with Gasteiger partial charge in [-0.3, -0.25) is 14.4 Å². The van der Waals surface area contributed by atoms with Crippen LogP contribution in [0, 0.1) is 5.41 Å². The SMILES string of the molecule is CNC(=O)C1(CN2C(=O)c3ccccc3C(C(=O)O)C2c2cscn2)CC1. The minimum atomic E-state index is -1.01. The topological polar surface area (TPSA) is 99.6 Å². The van der Waals surface area contributed by atoms with E-state index in [4.69, 9.17) is 0 Å². The summed E-state index contributed by atoms with van der Waals surface area (Å²) in [5, 5.41) is 14.4. The average Bonchev–Trinajstić information content (AvgIpc) is 3.25. The highest BCUT2D eigenvalue weighted by atomic mass is 32.1. The lowest BCUT2D eigenvalue weighted by molar-refractivity contribution is -0.140. The molecule has 1 aromatic heterocycles. The van der Waals surface area contributed by atoms with Crippen LogP contribution in [-0.4, -0.2) is 46.4 Å². The molecular weight excluding hydrogens is 366 g/mol. The maximum absolute atomic E-state index is 13.3. The largest absolute Gasteiger partial charge is 0.481 e. The van der Waals surface area contributed by atoms with Crippen molar-refractivity contribution in [1.29, 1.82) is 0 Å². The molecule has 1 aliphatic heterocycles. The molecule has 0 saturated heterocycles. The number of aliphatic carboxylic acids is 1. The second-order valence-electron chi connectivity index (χ2n) is 7.05. The fourth-order valence-electron chi connectivity index (χ4n) is 3.93. The van der Waals surface area contributed by atoms with E-state index in [2.05, 4.69) is 10.3 Å². The Kier molecular flexibility index (Phi) is 4.22. The van der Waals surface area contributed by atoms with Crippen LogP contribution in [0.25, 0.3) is 0 Å². The lowest BCUT2D eigenvalue weighted by Crippen LogP contribution is -2.49. The second-order valence-corrected chi connectivity index (χ2v) is 7.77. The molecule has 2 N–H and O–H groups in total. The van der Waals surface area contributed by atoms with Gasteiger partial charge in [0.2, 0.25) is 5.91 Å². The first-order chi connectivity index (χ1) is 13.0. The number of fused-ring (bicyclic) bond motifs is 1. The lowest BCUT2D eigenvalue weighted by atomic mass is 9.81. The summed E-state index contributed by atoms with van der Waals surface area (Å²) < 4.78 is 0. The Morgan fingerprint density at radius 2 is 2.11 bits per heavy atom. The second kappa shape index (κ2) is 6.45. The van der Waals surface area contributed by atoms with Gasteiger partial charge in [0.05, 0.1) is 22.7 Å². The third-order valence-electron chi connectivity index (χ3n) is 5.49. The highest BCUT2D eigenvalue weighted by Gasteiger charge is 2.55. The summed E-state index contributed by atoms with van der Waals surface area (Å²) in [4.78, 5) is 43.7. The zero-order valence-electron chi connectivity index (χ0n) is 14.7. The Hall–Kier alpha value is -2.74. The molecule has 0 spiro atoms. The summed E-state index contributed by atoms with van der Waals surface area (Å²) in [6.07, 6.45) is 1.36. The van der Waals surface area contributed by atoms with E-state index in [9.17, 15) is 19.5 Å². The van der Waals surface area contributed by atoms with Crippen molar-refractivity contribution in [2.75, 3.05) is 13.6 Å². The molecule has 7 nitrogen and oxygen atoms in total. The third-order valence-corrected chi connectivity index (χ3v) is 6.10. The highest BCUT2D eigenvalue weighted by molar-refractivity contribution is 7.07. The van der Waals surface area contributed by atoms with Crippen molar-refractivity contribution in [1.82, 2.24) is 15.2 Å². The maximum atomic E-state index is 13.3. The number of nitrogens with zero attached hydrogens (tertiary/aromatic N) is 2. The fourth-order valence-corrected chi connectivity index (χ4v) is 4.51. The summed E-state index contributed by atoms with van der Waals surface area (Å²) in [6.45, 7) is 0.186. The van der Waals surface area contributed by atoms with Gasteiger partial charge in [-0.2, -0.15) is 0 Å². The van der Waals surface area contributed by atoms with Gasteiger partial charge < -0.3 is 15.3 Å². The third kappa shape index (κ3) is 2.80. The number of carboxylic acid groups (broad SMARTS) is 1. The first-order valence-electron chi connectivity index (χ1n) is 8.71. The zero-order valence-corrected chi connectivity index (χ0v) is 15.5. The van der Waals surface area contributed by atoms with Gasteiger partial charge in [0.25, 0.3) is 5.91 Å². The van der Waals surface area contributed by atoms with Crippen LogP contribution >= 0.6 is 11.3 Å². The first-order valence-corrected chi connectivity index (χ1v) is 9.66. The van der Waals surface area contributed by atoms with Crippen LogP contribution in [0.15, 0.2) is 35.2 Å². The maximum Gasteiger partial charge on any atom is 0.313 e. The molecule has 0 bridgehead atoms. The summed E-state index contributed by atoms with van der Waals surface area (Å²) in [7, 11) is 1.58. The van der Waals surface area contributed by atoms with Crippen LogP contribution < -0.4 is 5.32 Å². The number of benzene rings is 1. The molecule has 1 aliphatic carbocycles. The van der Waals surface area contributed by atoms with E-state index in [0.29, 0.717) is 29.7 Å². The number of carbonyl (C=O) groups is 3. The number of carbonyl (C=O) groups excluding carboxylic acids is 2. The number of nitrogens with one attached hydrogen (secondary N) is 1. The van der Waals surface area contributed by atoms with Crippen molar-refractivity contribution in [3.63, 3.8) is 0 Å². The number of hydrogen-bond donors (Lipinski definition) is 2. The van der Waals surface area contributed by atoms with Crippen molar-refractivity contribution in [3.8, 4) is 0 Å². The minimum Gasteiger partial charge on any atom is -0.481 e. The van der Waals surface area contributed by atoms with Gasteiger partial charge in [-0.05, 0) is 24.5 Å². The molecule has 4 rings (SSSR count). The van der Waals surface area contributed by atoms with Gasteiger partial charge in [0.15, 0.2) is 0 Å². The first kappa shape index (κ1) is 17.7. The number of amides is 2. The molecule has 2 amide bonds. The van der Waals surface area contributed by atoms with Gasteiger partial charge in [0, 0.05) is 24.5 Å². The molecule has 1 saturated carbocycles. The van der Waals surface area contributed by atoms with Crippen LogP contribution in [0.3, 0.4) is 0 Å². The number of carboxylic acids is 1. The monoisotopic (exact) mass is 385 g/mol. The van der Waals surface area contributed by atoms with Crippen LogP contribution in [0.4, 0.5) is 0 Å². The molecule has 2 aromatic rings. The Labute approximate surface area is 160 Å². The van der Waals surface area contributed by atoms with Gasteiger partial charge in [-0.25, -0.2) is 4.98 Å². The van der Waals surface area contributed by atoms with Crippen molar-refractivity contribution >= 4 is 29.1 Å². The lowest BCUT2D eigenvalue weighted by Gasteiger charge is -2.41. The predicted octanol–water partition coefficient (Wildman–Crippen LogP) is 2.03. The summed E-state index contributed by atoms with van der Waals surface area (Å²) in [5.74, 6) is -2.31. The number of thiazole rings is 1. The number of aromatic nitrogens is 1. The molecule has 27 heavy (non-hydrogen) atoms. The van der Waals surface area contributed by atoms with E-state index >= 15 is 0 Å². The van der Waals surface area contributed by atoms with Crippen molar-refractivity contribution in [3.05, 3.63) is 52.0 Å². The van der Waals surface area contributed by atoms with E-state index < -0.39 is 23.3 Å². The Bertz CT molecular complexity index is 907. The van der Waals surface area contributed by atoms with E-state index in [1.165, 1.54) is 11.3 Å². The molecule has 8 heteroatoms. The Balaban J connectivity index is 1.84. The van der Waals surface area contributed by atoms with E-state index in [1.807, 2.05) is 0 Å². The standard InChI is InChI=1S/C19H19N3O4S/c1-20-18(26)19(6-7-19)9-22-15(13-8-27-10-21-13)14(17(24)25)11-4-2-3-5-12(11)16(22)23/h2-5,8,10,14-15H,6-7,9H2,1H3,(H,20,26)(H,24,25). The molecule has 1 aromatic carbocycles. The summed E-state index contributed by atoms with van der Waals surface area (Å²) in [5.41, 5.74) is 2.40. The van der Waals surface area contributed by atoms with Gasteiger partial charge >= 0.3 is 5.97 Å². The van der Waals surface area contributed by atoms with Crippen LogP contribution in [0.1, 0.15) is 46.4 Å². The molecule has 1 fully saturated rings. The van der Waals surface area contributed by atoms with E-state index in [-0.39, 0.29) is 18.4 Å². The smallest absolute Gasteiger partial charge is 0.313 e. The van der Waals surface area contributed by atoms with Gasteiger partial charge in [-0.15, -0.1) is 11.3 Å². The van der Waals surface area contributed by atoms with Crippen molar-refractivity contribution in [2.24, 2.45) is 5.41 Å². The molecule has 2 heterocycles. The van der Waals surface area contributed by atoms with Gasteiger partial charge in [0.1, 0.15) is 5.92 Å². The van der Waals surface area contributed by atoms with Crippen LogP contribution in [-0.2, 0) is 9.59 Å². The van der Waals surface area contributed by atoms with E-state index in [0.717, 1.165) is 0 Å². The summed E-state index contributed by atoms with van der Waals surface area (Å²) >= 11 is 1.35. The quantitative estimate of drug-likeness (QED) is 0.820. The van der Waals surface area contributed by atoms with Crippen molar-refractivity contribution < 1.29 is 19.5 Å². The molecule has 2 unspecified atom stereocenters. The number of rotatable bonds is 5.